The number of carbonyl (C=O) groups is 1. The molecule has 18 heavy (non-hydrogen) atoms. The van der Waals surface area contributed by atoms with E-state index in [1.165, 1.54) is 11.3 Å². The number of hydrogen-bond acceptors (Lipinski definition) is 4. The molecule has 4 nitrogen and oxygen atoms in total. The molecule has 1 aliphatic rings. The number of aromatic nitrogens is 1. The SMILES string of the molecule is O=C(O)c1nc(-c2cccs2)oc1C1CCCC1. The van der Waals surface area contributed by atoms with Gasteiger partial charge in [-0.25, -0.2) is 9.78 Å². The molecular weight excluding hydrogens is 250 g/mol. The van der Waals surface area contributed by atoms with Crippen molar-refractivity contribution in [2.75, 3.05) is 0 Å². The fourth-order valence-corrected chi connectivity index (χ4v) is 3.10. The Hall–Kier alpha value is -1.62. The molecule has 0 spiro atoms. The van der Waals surface area contributed by atoms with Gasteiger partial charge in [-0.05, 0) is 24.3 Å². The highest BCUT2D eigenvalue weighted by Crippen LogP contribution is 2.38. The molecule has 2 heterocycles. The van der Waals surface area contributed by atoms with E-state index in [0.29, 0.717) is 11.7 Å². The summed E-state index contributed by atoms with van der Waals surface area (Å²) in [5, 5.41) is 11.1. The van der Waals surface area contributed by atoms with Crippen LogP contribution in [0.1, 0.15) is 47.8 Å². The second-order valence-corrected chi connectivity index (χ2v) is 5.44. The zero-order valence-electron chi connectivity index (χ0n) is 9.76. The van der Waals surface area contributed by atoms with E-state index < -0.39 is 5.97 Å². The first-order chi connectivity index (χ1) is 8.75. The fourth-order valence-electron chi connectivity index (χ4n) is 2.46. The summed E-state index contributed by atoms with van der Waals surface area (Å²) in [5.74, 6) is 0.216. The Bertz CT molecular complexity index is 553. The van der Waals surface area contributed by atoms with Gasteiger partial charge in [0.25, 0.3) is 0 Å². The number of oxazole rings is 1. The Morgan fingerprint density at radius 2 is 2.22 bits per heavy atom. The van der Waals surface area contributed by atoms with Gasteiger partial charge in [0.05, 0.1) is 4.88 Å². The van der Waals surface area contributed by atoms with Gasteiger partial charge in [0.1, 0.15) is 5.76 Å². The Morgan fingerprint density at radius 1 is 1.44 bits per heavy atom. The van der Waals surface area contributed by atoms with E-state index in [2.05, 4.69) is 4.98 Å². The minimum absolute atomic E-state index is 0.0882. The van der Waals surface area contributed by atoms with Crippen LogP contribution in [0.15, 0.2) is 21.9 Å². The first-order valence-corrected chi connectivity index (χ1v) is 6.91. The van der Waals surface area contributed by atoms with E-state index in [4.69, 9.17) is 4.42 Å². The minimum Gasteiger partial charge on any atom is -0.476 e. The van der Waals surface area contributed by atoms with E-state index in [0.717, 1.165) is 30.6 Å². The smallest absolute Gasteiger partial charge is 0.358 e. The van der Waals surface area contributed by atoms with Gasteiger partial charge in [0.15, 0.2) is 5.69 Å². The van der Waals surface area contributed by atoms with Gasteiger partial charge in [0, 0.05) is 5.92 Å². The molecule has 0 saturated heterocycles. The van der Waals surface area contributed by atoms with Crippen molar-refractivity contribution in [3.63, 3.8) is 0 Å². The maximum atomic E-state index is 11.2. The van der Waals surface area contributed by atoms with Crippen molar-refractivity contribution < 1.29 is 14.3 Å². The van der Waals surface area contributed by atoms with E-state index in [-0.39, 0.29) is 11.6 Å². The van der Waals surface area contributed by atoms with E-state index in [9.17, 15) is 9.90 Å². The lowest BCUT2D eigenvalue weighted by atomic mass is 10.0. The molecule has 2 aromatic rings. The highest BCUT2D eigenvalue weighted by atomic mass is 32.1. The molecule has 1 N–H and O–H groups in total. The van der Waals surface area contributed by atoms with E-state index in [1.807, 2.05) is 17.5 Å². The Labute approximate surface area is 108 Å². The van der Waals surface area contributed by atoms with Crippen molar-refractivity contribution >= 4 is 17.3 Å². The monoisotopic (exact) mass is 263 g/mol. The minimum atomic E-state index is -0.997. The molecule has 5 heteroatoms. The average Bonchev–Trinajstić information content (AvgIpc) is 3.10. The van der Waals surface area contributed by atoms with Crippen LogP contribution in [0.25, 0.3) is 10.8 Å². The summed E-state index contributed by atoms with van der Waals surface area (Å²) in [6.07, 6.45) is 4.27. The van der Waals surface area contributed by atoms with Gasteiger partial charge in [-0.1, -0.05) is 18.9 Å². The highest BCUT2D eigenvalue weighted by Gasteiger charge is 2.29. The lowest BCUT2D eigenvalue weighted by Gasteiger charge is -2.04. The molecule has 0 radical (unpaired) electrons. The Morgan fingerprint density at radius 3 is 2.83 bits per heavy atom. The number of carboxylic acids is 1. The maximum absolute atomic E-state index is 11.2. The van der Waals surface area contributed by atoms with Crippen LogP contribution in [0.5, 0.6) is 0 Å². The molecule has 1 saturated carbocycles. The molecule has 0 aliphatic heterocycles. The zero-order valence-corrected chi connectivity index (χ0v) is 10.6. The van der Waals surface area contributed by atoms with Crippen molar-refractivity contribution in [2.24, 2.45) is 0 Å². The van der Waals surface area contributed by atoms with Gasteiger partial charge in [-0.2, -0.15) is 0 Å². The average molecular weight is 263 g/mol. The van der Waals surface area contributed by atoms with Gasteiger partial charge in [-0.15, -0.1) is 11.3 Å². The third kappa shape index (κ3) is 1.95. The lowest BCUT2D eigenvalue weighted by Crippen LogP contribution is -2.03. The molecule has 1 aliphatic carbocycles. The molecule has 3 rings (SSSR count). The van der Waals surface area contributed by atoms with E-state index >= 15 is 0 Å². The molecule has 0 bridgehead atoms. The van der Waals surface area contributed by atoms with Gasteiger partial charge in [0.2, 0.25) is 5.89 Å². The lowest BCUT2D eigenvalue weighted by molar-refractivity contribution is 0.0688. The van der Waals surface area contributed by atoms with Gasteiger partial charge in [-0.3, -0.25) is 0 Å². The second-order valence-electron chi connectivity index (χ2n) is 4.50. The van der Waals surface area contributed by atoms with Crippen molar-refractivity contribution in [3.8, 4) is 10.8 Å². The normalized spacial score (nSPS) is 16.2. The van der Waals surface area contributed by atoms with Gasteiger partial charge < -0.3 is 9.52 Å². The standard InChI is InChI=1S/C13H13NO3S/c15-13(16)10-11(8-4-1-2-5-8)17-12(14-10)9-6-3-7-18-9/h3,6-8H,1-2,4-5H2,(H,15,16). The summed E-state index contributed by atoms with van der Waals surface area (Å²) in [4.78, 5) is 16.3. The third-order valence-electron chi connectivity index (χ3n) is 3.31. The molecule has 0 unspecified atom stereocenters. The number of aromatic carboxylic acids is 1. The molecule has 1 fully saturated rings. The van der Waals surface area contributed by atoms with Crippen LogP contribution in [0.3, 0.4) is 0 Å². The molecule has 94 valence electrons. The summed E-state index contributed by atoms with van der Waals surface area (Å²) in [7, 11) is 0. The highest BCUT2D eigenvalue weighted by molar-refractivity contribution is 7.13. The summed E-state index contributed by atoms with van der Waals surface area (Å²) in [6, 6.07) is 3.79. The number of nitrogens with zero attached hydrogens (tertiary/aromatic N) is 1. The number of hydrogen-bond donors (Lipinski definition) is 1. The predicted molar refractivity (Wildman–Crippen MR) is 68.0 cm³/mol. The zero-order chi connectivity index (χ0) is 12.5. The summed E-state index contributed by atoms with van der Waals surface area (Å²) in [5.41, 5.74) is 0.0882. The van der Waals surface area contributed by atoms with Crippen LogP contribution in [0, 0.1) is 0 Å². The Balaban J connectivity index is 2.03. The number of carboxylic acid groups (broad SMARTS) is 1. The van der Waals surface area contributed by atoms with Crippen molar-refractivity contribution in [1.82, 2.24) is 4.98 Å². The van der Waals surface area contributed by atoms with Crippen LogP contribution in [-0.4, -0.2) is 16.1 Å². The van der Waals surface area contributed by atoms with Crippen molar-refractivity contribution in [3.05, 3.63) is 29.0 Å². The molecular formula is C13H13NO3S. The van der Waals surface area contributed by atoms with Crippen LogP contribution in [-0.2, 0) is 0 Å². The quantitative estimate of drug-likeness (QED) is 0.915. The summed E-state index contributed by atoms with van der Waals surface area (Å²) in [6.45, 7) is 0. The summed E-state index contributed by atoms with van der Waals surface area (Å²) < 4.78 is 5.72. The second kappa shape index (κ2) is 4.57. The first kappa shape index (κ1) is 11.5. The van der Waals surface area contributed by atoms with Crippen LogP contribution < -0.4 is 0 Å². The topological polar surface area (TPSA) is 63.3 Å². The fraction of sp³-hybridized carbons (Fsp3) is 0.385. The van der Waals surface area contributed by atoms with Crippen molar-refractivity contribution in [1.29, 1.82) is 0 Å². The van der Waals surface area contributed by atoms with E-state index in [1.54, 1.807) is 0 Å². The summed E-state index contributed by atoms with van der Waals surface area (Å²) >= 11 is 1.50. The van der Waals surface area contributed by atoms with Crippen LogP contribution in [0.4, 0.5) is 0 Å². The van der Waals surface area contributed by atoms with Crippen LogP contribution >= 0.6 is 11.3 Å². The third-order valence-corrected chi connectivity index (χ3v) is 4.17. The number of thiophene rings is 1. The first-order valence-electron chi connectivity index (χ1n) is 6.03. The van der Waals surface area contributed by atoms with Crippen LogP contribution in [0.2, 0.25) is 0 Å². The Kier molecular flexibility index (Phi) is 2.91. The molecule has 2 aromatic heterocycles. The maximum Gasteiger partial charge on any atom is 0.358 e. The molecule has 0 atom stereocenters. The predicted octanol–water partition coefficient (Wildman–Crippen LogP) is 3.76. The number of rotatable bonds is 3. The largest absolute Gasteiger partial charge is 0.476 e. The van der Waals surface area contributed by atoms with Gasteiger partial charge >= 0.3 is 5.97 Å². The molecule has 0 aromatic carbocycles. The van der Waals surface area contributed by atoms with Crippen molar-refractivity contribution in [2.45, 2.75) is 31.6 Å². The molecule has 0 amide bonds.